The molecular weight excluding hydrogens is 324 g/mol. The topological polar surface area (TPSA) is 91.8 Å². The van der Waals surface area contributed by atoms with Crippen LogP contribution in [0.3, 0.4) is 0 Å². The van der Waals surface area contributed by atoms with E-state index in [9.17, 15) is 10.1 Å². The number of benzene rings is 1. The van der Waals surface area contributed by atoms with Crippen LogP contribution in [-0.4, -0.2) is 27.4 Å². The SMILES string of the molecule is Cc1cccc(-c2nnc(SCC(=O)N[C@](C)(C#N)C(C)C)o2)c1. The largest absolute Gasteiger partial charge is 0.411 e. The van der Waals surface area contributed by atoms with Gasteiger partial charge in [0.1, 0.15) is 5.54 Å². The lowest BCUT2D eigenvalue weighted by Gasteiger charge is -2.27. The monoisotopic (exact) mass is 344 g/mol. The Labute approximate surface area is 145 Å². The molecule has 1 heterocycles. The lowest BCUT2D eigenvalue weighted by molar-refractivity contribution is -0.120. The number of aromatic nitrogens is 2. The van der Waals surface area contributed by atoms with Gasteiger partial charge >= 0.3 is 0 Å². The molecule has 0 aliphatic carbocycles. The second-order valence-electron chi connectivity index (χ2n) is 6.05. The van der Waals surface area contributed by atoms with E-state index in [1.165, 1.54) is 0 Å². The number of nitrogens with zero attached hydrogens (tertiary/aromatic N) is 3. The third kappa shape index (κ3) is 4.36. The van der Waals surface area contributed by atoms with E-state index in [1.807, 2.05) is 45.0 Å². The Hall–Kier alpha value is -2.33. The van der Waals surface area contributed by atoms with Crippen molar-refractivity contribution in [2.75, 3.05) is 5.75 Å². The van der Waals surface area contributed by atoms with Crippen molar-refractivity contribution < 1.29 is 9.21 Å². The maximum absolute atomic E-state index is 12.0. The summed E-state index contributed by atoms with van der Waals surface area (Å²) >= 11 is 1.15. The Balaban J connectivity index is 1.96. The van der Waals surface area contributed by atoms with Crippen molar-refractivity contribution in [2.45, 2.75) is 38.5 Å². The third-order valence-corrected chi connectivity index (χ3v) is 4.60. The summed E-state index contributed by atoms with van der Waals surface area (Å²) < 4.78 is 5.57. The molecule has 1 aromatic carbocycles. The van der Waals surface area contributed by atoms with Crippen molar-refractivity contribution in [3.63, 3.8) is 0 Å². The second-order valence-corrected chi connectivity index (χ2v) is 6.97. The predicted molar refractivity (Wildman–Crippen MR) is 92.2 cm³/mol. The number of carbonyl (C=O) groups excluding carboxylic acids is 1. The first-order valence-electron chi connectivity index (χ1n) is 7.59. The first kappa shape index (κ1) is 18.0. The van der Waals surface area contributed by atoms with Crippen molar-refractivity contribution in [3.05, 3.63) is 29.8 Å². The van der Waals surface area contributed by atoms with E-state index in [-0.39, 0.29) is 17.6 Å². The van der Waals surface area contributed by atoms with Crippen molar-refractivity contribution in [3.8, 4) is 17.5 Å². The fourth-order valence-electron chi connectivity index (χ4n) is 1.92. The van der Waals surface area contributed by atoms with Crippen LogP contribution in [0.25, 0.3) is 11.5 Å². The molecule has 0 spiro atoms. The summed E-state index contributed by atoms with van der Waals surface area (Å²) in [6.45, 7) is 7.48. The second kappa shape index (κ2) is 7.49. The van der Waals surface area contributed by atoms with Crippen LogP contribution in [-0.2, 0) is 4.79 Å². The fraction of sp³-hybridized carbons (Fsp3) is 0.412. The zero-order valence-corrected chi connectivity index (χ0v) is 15.0. The predicted octanol–water partition coefficient (Wildman–Crippen LogP) is 3.19. The van der Waals surface area contributed by atoms with Gasteiger partial charge < -0.3 is 9.73 Å². The molecule has 24 heavy (non-hydrogen) atoms. The van der Waals surface area contributed by atoms with Crippen molar-refractivity contribution >= 4 is 17.7 Å². The Morgan fingerprint density at radius 3 is 2.83 bits per heavy atom. The molecule has 0 aliphatic heterocycles. The molecule has 7 heteroatoms. The van der Waals surface area contributed by atoms with Gasteiger partial charge in [-0.05, 0) is 31.9 Å². The van der Waals surface area contributed by atoms with Gasteiger partial charge in [-0.25, -0.2) is 0 Å². The van der Waals surface area contributed by atoms with Gasteiger partial charge in [0.2, 0.25) is 11.8 Å². The summed E-state index contributed by atoms with van der Waals surface area (Å²) in [4.78, 5) is 12.0. The van der Waals surface area contributed by atoms with Gasteiger partial charge in [0.15, 0.2) is 0 Å². The summed E-state index contributed by atoms with van der Waals surface area (Å²) in [5, 5.41) is 20.3. The van der Waals surface area contributed by atoms with Crippen molar-refractivity contribution in [1.82, 2.24) is 15.5 Å². The minimum Gasteiger partial charge on any atom is -0.411 e. The van der Waals surface area contributed by atoms with Gasteiger partial charge in [-0.2, -0.15) is 5.26 Å². The minimum absolute atomic E-state index is 0.00720. The molecule has 0 unspecified atom stereocenters. The van der Waals surface area contributed by atoms with Crippen LogP contribution in [0.2, 0.25) is 0 Å². The lowest BCUT2D eigenvalue weighted by atomic mass is 9.90. The first-order valence-corrected chi connectivity index (χ1v) is 8.58. The van der Waals surface area contributed by atoms with Crippen LogP contribution in [0.4, 0.5) is 0 Å². The summed E-state index contributed by atoms with van der Waals surface area (Å²) in [6, 6.07) is 9.90. The molecule has 0 radical (unpaired) electrons. The number of hydrogen-bond donors (Lipinski definition) is 1. The smallest absolute Gasteiger partial charge is 0.277 e. The number of hydrogen-bond acceptors (Lipinski definition) is 6. The highest BCUT2D eigenvalue weighted by atomic mass is 32.2. The van der Waals surface area contributed by atoms with E-state index in [0.717, 1.165) is 22.9 Å². The van der Waals surface area contributed by atoms with Gasteiger partial charge in [0.25, 0.3) is 5.22 Å². The van der Waals surface area contributed by atoms with Crippen molar-refractivity contribution in [2.24, 2.45) is 5.92 Å². The van der Waals surface area contributed by atoms with Crippen LogP contribution in [0.1, 0.15) is 26.3 Å². The Kier molecular flexibility index (Phi) is 5.62. The molecule has 1 atom stereocenters. The van der Waals surface area contributed by atoms with E-state index in [4.69, 9.17) is 4.42 Å². The highest BCUT2D eigenvalue weighted by Crippen LogP contribution is 2.24. The Morgan fingerprint density at radius 2 is 2.21 bits per heavy atom. The van der Waals surface area contributed by atoms with E-state index >= 15 is 0 Å². The molecule has 0 bridgehead atoms. The average molecular weight is 344 g/mol. The normalized spacial score (nSPS) is 13.3. The maximum Gasteiger partial charge on any atom is 0.277 e. The van der Waals surface area contributed by atoms with Gasteiger partial charge in [0.05, 0.1) is 11.8 Å². The van der Waals surface area contributed by atoms with E-state index in [1.54, 1.807) is 6.92 Å². The summed E-state index contributed by atoms with van der Waals surface area (Å²) in [5.74, 6) is 0.297. The molecule has 6 nitrogen and oxygen atoms in total. The molecule has 1 aromatic heterocycles. The lowest BCUT2D eigenvalue weighted by Crippen LogP contribution is -2.49. The highest BCUT2D eigenvalue weighted by molar-refractivity contribution is 7.99. The molecule has 0 fully saturated rings. The zero-order chi connectivity index (χ0) is 17.7. The number of amides is 1. The molecule has 126 valence electrons. The molecule has 2 rings (SSSR count). The molecule has 0 saturated carbocycles. The average Bonchev–Trinajstić information content (AvgIpc) is 3.01. The minimum atomic E-state index is -0.890. The Bertz CT molecular complexity index is 766. The summed E-state index contributed by atoms with van der Waals surface area (Å²) in [6.07, 6.45) is 0. The van der Waals surface area contributed by atoms with Crippen LogP contribution >= 0.6 is 11.8 Å². The number of rotatable bonds is 6. The van der Waals surface area contributed by atoms with Gasteiger partial charge in [0, 0.05) is 5.56 Å². The molecule has 1 amide bonds. The number of aryl methyl sites for hydroxylation is 1. The van der Waals surface area contributed by atoms with Gasteiger partial charge in [-0.15, -0.1) is 10.2 Å². The third-order valence-electron chi connectivity index (χ3n) is 3.78. The molecule has 0 aliphatic rings. The molecular formula is C17H20N4O2S. The molecule has 2 aromatic rings. The number of nitrogens with one attached hydrogen (secondary N) is 1. The van der Waals surface area contributed by atoms with Gasteiger partial charge in [-0.1, -0.05) is 43.3 Å². The van der Waals surface area contributed by atoms with Gasteiger partial charge in [-0.3, -0.25) is 4.79 Å². The first-order chi connectivity index (χ1) is 11.3. The van der Waals surface area contributed by atoms with Crippen LogP contribution in [0, 0.1) is 24.2 Å². The summed E-state index contributed by atoms with van der Waals surface area (Å²) in [7, 11) is 0. The summed E-state index contributed by atoms with van der Waals surface area (Å²) in [5.41, 5.74) is 1.05. The van der Waals surface area contributed by atoms with E-state index < -0.39 is 5.54 Å². The standard InChI is InChI=1S/C17H20N4O2S/c1-11(2)17(4,10-18)19-14(22)9-24-16-21-20-15(23-16)13-7-5-6-12(3)8-13/h5-8,11H,9H2,1-4H3,(H,19,22)/t17-/m1/s1. The zero-order valence-electron chi connectivity index (χ0n) is 14.2. The van der Waals surface area contributed by atoms with Crippen LogP contribution in [0.15, 0.2) is 33.9 Å². The van der Waals surface area contributed by atoms with E-state index in [0.29, 0.717) is 11.1 Å². The van der Waals surface area contributed by atoms with E-state index in [2.05, 4.69) is 21.6 Å². The Morgan fingerprint density at radius 1 is 1.46 bits per heavy atom. The highest BCUT2D eigenvalue weighted by Gasteiger charge is 2.30. The number of thioether (sulfide) groups is 1. The number of carbonyl (C=O) groups is 1. The number of nitriles is 1. The quantitative estimate of drug-likeness (QED) is 0.809. The van der Waals surface area contributed by atoms with Crippen molar-refractivity contribution in [1.29, 1.82) is 5.26 Å². The fourth-order valence-corrected chi connectivity index (χ4v) is 2.48. The maximum atomic E-state index is 12.0. The molecule has 0 saturated heterocycles. The van der Waals surface area contributed by atoms with Crippen LogP contribution in [0.5, 0.6) is 0 Å². The molecule has 1 N–H and O–H groups in total. The van der Waals surface area contributed by atoms with Crippen LogP contribution < -0.4 is 5.32 Å².